The van der Waals surface area contributed by atoms with Gasteiger partial charge in [-0.25, -0.2) is 0 Å². The molecule has 0 aliphatic carbocycles. The molecule has 1 N–H and O–H groups in total. The summed E-state index contributed by atoms with van der Waals surface area (Å²) in [6, 6.07) is 5.76. The number of aromatic amines is 1. The first-order valence-electron chi connectivity index (χ1n) is 4.25. The molecule has 0 spiro atoms. The average Bonchev–Trinajstić information content (AvgIpc) is 2.57. The van der Waals surface area contributed by atoms with Crippen molar-refractivity contribution in [1.82, 2.24) is 4.98 Å². The number of nitrogens with zero attached hydrogens (tertiary/aromatic N) is 1. The summed E-state index contributed by atoms with van der Waals surface area (Å²) >= 11 is 3.36. The predicted molar refractivity (Wildman–Crippen MR) is 62.0 cm³/mol. The Morgan fingerprint density at radius 1 is 1.47 bits per heavy atom. The van der Waals surface area contributed by atoms with Crippen LogP contribution in [-0.2, 0) is 0 Å². The Morgan fingerprint density at radius 3 is 3.00 bits per heavy atom. The summed E-state index contributed by atoms with van der Waals surface area (Å²) in [4.78, 5) is 12.8. The summed E-state index contributed by atoms with van der Waals surface area (Å²) in [5, 5.41) is 11.2. The van der Waals surface area contributed by atoms with Crippen LogP contribution in [0.25, 0.3) is 17.0 Å². The summed E-state index contributed by atoms with van der Waals surface area (Å²) in [7, 11) is 0. The minimum atomic E-state index is -0.475. The Morgan fingerprint density at radius 2 is 2.27 bits per heavy atom. The van der Waals surface area contributed by atoms with Gasteiger partial charge in [-0.15, -0.1) is 0 Å². The molecule has 0 aliphatic heterocycles. The van der Waals surface area contributed by atoms with Crippen LogP contribution in [0, 0.1) is 10.1 Å². The van der Waals surface area contributed by atoms with Crippen molar-refractivity contribution in [2.75, 3.05) is 0 Å². The van der Waals surface area contributed by atoms with E-state index in [2.05, 4.69) is 20.9 Å². The van der Waals surface area contributed by atoms with E-state index < -0.39 is 4.92 Å². The first kappa shape index (κ1) is 9.92. The molecular weight excluding hydrogens is 260 g/mol. The van der Waals surface area contributed by atoms with Crippen LogP contribution in [0.4, 0.5) is 0 Å². The third-order valence-corrected chi connectivity index (χ3v) is 2.54. The highest BCUT2D eigenvalue weighted by atomic mass is 79.9. The van der Waals surface area contributed by atoms with E-state index in [-0.39, 0.29) is 0 Å². The number of H-pyrrole nitrogens is 1. The maximum atomic E-state index is 10.2. The van der Waals surface area contributed by atoms with E-state index >= 15 is 0 Å². The molecule has 2 rings (SSSR count). The second-order valence-electron chi connectivity index (χ2n) is 3.04. The van der Waals surface area contributed by atoms with Gasteiger partial charge in [-0.1, -0.05) is 15.9 Å². The van der Waals surface area contributed by atoms with Gasteiger partial charge >= 0.3 is 0 Å². The second-order valence-corrected chi connectivity index (χ2v) is 3.95. The minimum Gasteiger partial charge on any atom is -0.361 e. The number of aromatic nitrogens is 1. The van der Waals surface area contributed by atoms with E-state index in [1.54, 1.807) is 6.20 Å². The van der Waals surface area contributed by atoms with E-state index in [9.17, 15) is 10.1 Å². The zero-order valence-corrected chi connectivity index (χ0v) is 9.19. The number of fused-ring (bicyclic) bond motifs is 1. The fraction of sp³-hybridized carbons (Fsp3) is 0. The fourth-order valence-electron chi connectivity index (χ4n) is 1.39. The van der Waals surface area contributed by atoms with Crippen molar-refractivity contribution in [1.29, 1.82) is 0 Å². The molecule has 0 saturated carbocycles. The molecule has 1 aromatic carbocycles. The molecule has 15 heavy (non-hydrogen) atoms. The monoisotopic (exact) mass is 266 g/mol. The number of benzene rings is 1. The highest BCUT2D eigenvalue weighted by molar-refractivity contribution is 9.10. The summed E-state index contributed by atoms with van der Waals surface area (Å²) in [5.41, 5.74) is 1.77. The van der Waals surface area contributed by atoms with Gasteiger partial charge in [0.1, 0.15) is 0 Å². The first-order chi connectivity index (χ1) is 7.16. The number of halogens is 1. The quantitative estimate of drug-likeness (QED) is 0.671. The van der Waals surface area contributed by atoms with Gasteiger partial charge in [0.05, 0.1) is 4.92 Å². The maximum absolute atomic E-state index is 10.2. The molecule has 0 radical (unpaired) electrons. The Bertz CT molecular complexity index is 545. The van der Waals surface area contributed by atoms with E-state index in [4.69, 9.17) is 0 Å². The predicted octanol–water partition coefficient (Wildman–Crippen LogP) is 3.18. The molecule has 5 heteroatoms. The molecule has 0 saturated heterocycles. The first-order valence-corrected chi connectivity index (χ1v) is 5.04. The van der Waals surface area contributed by atoms with Crippen molar-refractivity contribution in [3.63, 3.8) is 0 Å². The van der Waals surface area contributed by atoms with Crippen molar-refractivity contribution < 1.29 is 4.92 Å². The van der Waals surface area contributed by atoms with E-state index in [1.165, 1.54) is 6.08 Å². The number of hydrogen-bond acceptors (Lipinski definition) is 2. The van der Waals surface area contributed by atoms with Gasteiger partial charge in [0, 0.05) is 33.2 Å². The van der Waals surface area contributed by atoms with Crippen LogP contribution in [0.2, 0.25) is 0 Å². The van der Waals surface area contributed by atoms with Crippen LogP contribution in [0.15, 0.2) is 35.1 Å². The summed E-state index contributed by atoms with van der Waals surface area (Å²) < 4.78 is 0.949. The standard InChI is InChI=1S/C10H7BrN2O2/c11-8-1-2-10-9(5-8)7(6-12-10)3-4-13(14)15/h1-6,12H/b4-3-. The lowest BCUT2D eigenvalue weighted by Crippen LogP contribution is -1.81. The highest BCUT2D eigenvalue weighted by Crippen LogP contribution is 2.23. The zero-order valence-electron chi connectivity index (χ0n) is 7.61. The van der Waals surface area contributed by atoms with E-state index in [0.29, 0.717) is 0 Å². The number of nitrogens with one attached hydrogen (secondary N) is 1. The lowest BCUT2D eigenvalue weighted by atomic mass is 10.2. The van der Waals surface area contributed by atoms with E-state index in [0.717, 1.165) is 27.1 Å². The molecule has 0 bridgehead atoms. The number of nitro groups is 1. The van der Waals surface area contributed by atoms with Crippen molar-refractivity contribution in [2.24, 2.45) is 0 Å². The summed E-state index contributed by atoms with van der Waals surface area (Å²) in [5.74, 6) is 0. The molecule has 0 amide bonds. The summed E-state index contributed by atoms with van der Waals surface area (Å²) in [6.45, 7) is 0. The Kier molecular flexibility index (Phi) is 2.55. The van der Waals surface area contributed by atoms with Crippen LogP contribution in [0.5, 0.6) is 0 Å². The van der Waals surface area contributed by atoms with Crippen LogP contribution < -0.4 is 0 Å². The average molecular weight is 267 g/mol. The van der Waals surface area contributed by atoms with Crippen LogP contribution >= 0.6 is 15.9 Å². The van der Waals surface area contributed by atoms with Crippen molar-refractivity contribution in [3.05, 3.63) is 50.7 Å². The van der Waals surface area contributed by atoms with Crippen LogP contribution in [-0.4, -0.2) is 9.91 Å². The lowest BCUT2D eigenvalue weighted by Gasteiger charge is -1.92. The molecule has 4 nitrogen and oxygen atoms in total. The van der Waals surface area contributed by atoms with E-state index in [1.807, 2.05) is 18.2 Å². The van der Waals surface area contributed by atoms with Crippen molar-refractivity contribution >= 4 is 32.9 Å². The van der Waals surface area contributed by atoms with Gasteiger partial charge in [-0.2, -0.15) is 0 Å². The Balaban J connectivity index is 2.52. The Hall–Kier alpha value is -1.62. The molecule has 1 aromatic heterocycles. The number of rotatable bonds is 2. The minimum absolute atomic E-state index is 0.475. The van der Waals surface area contributed by atoms with Crippen molar-refractivity contribution in [3.8, 4) is 0 Å². The fourth-order valence-corrected chi connectivity index (χ4v) is 1.75. The molecular formula is C10H7BrN2O2. The molecule has 0 unspecified atom stereocenters. The molecule has 2 aromatic rings. The lowest BCUT2D eigenvalue weighted by molar-refractivity contribution is -0.400. The van der Waals surface area contributed by atoms with Crippen molar-refractivity contribution in [2.45, 2.75) is 0 Å². The topological polar surface area (TPSA) is 58.9 Å². The SMILES string of the molecule is O=[N+]([O-])/C=C\c1c[nH]c2ccc(Br)cc12. The molecule has 0 atom stereocenters. The second kappa shape index (κ2) is 3.86. The van der Waals surface area contributed by atoms with Gasteiger partial charge in [-0.3, -0.25) is 10.1 Å². The van der Waals surface area contributed by atoms with Crippen LogP contribution in [0.3, 0.4) is 0 Å². The summed E-state index contributed by atoms with van der Waals surface area (Å²) in [6.07, 6.45) is 4.16. The number of hydrogen-bond donors (Lipinski definition) is 1. The zero-order chi connectivity index (χ0) is 10.8. The van der Waals surface area contributed by atoms with Gasteiger partial charge in [0.2, 0.25) is 6.20 Å². The Labute approximate surface area is 93.9 Å². The largest absolute Gasteiger partial charge is 0.361 e. The maximum Gasteiger partial charge on any atom is 0.235 e. The smallest absolute Gasteiger partial charge is 0.235 e. The molecule has 0 aliphatic rings. The van der Waals surface area contributed by atoms with Gasteiger partial charge < -0.3 is 4.98 Å². The third kappa shape index (κ3) is 2.07. The van der Waals surface area contributed by atoms with Gasteiger partial charge in [-0.05, 0) is 18.2 Å². The van der Waals surface area contributed by atoms with Gasteiger partial charge in [0.25, 0.3) is 0 Å². The highest BCUT2D eigenvalue weighted by Gasteiger charge is 2.02. The molecule has 76 valence electrons. The van der Waals surface area contributed by atoms with Crippen LogP contribution in [0.1, 0.15) is 5.56 Å². The normalized spacial score (nSPS) is 11.3. The molecule has 1 heterocycles. The molecule has 0 fully saturated rings. The third-order valence-electron chi connectivity index (χ3n) is 2.05. The van der Waals surface area contributed by atoms with Gasteiger partial charge in [0.15, 0.2) is 0 Å².